The molecule has 0 aliphatic rings. The predicted octanol–water partition coefficient (Wildman–Crippen LogP) is 2.71. The molecule has 0 amide bonds. The number of nitrogens with zero attached hydrogens (tertiary/aromatic N) is 2. The van der Waals surface area contributed by atoms with E-state index in [0.29, 0.717) is 4.47 Å². The van der Waals surface area contributed by atoms with Crippen molar-refractivity contribution < 1.29 is 4.39 Å². The summed E-state index contributed by atoms with van der Waals surface area (Å²) in [7, 11) is 3.76. The quantitative estimate of drug-likeness (QED) is 0.944. The zero-order valence-electron chi connectivity index (χ0n) is 9.67. The summed E-state index contributed by atoms with van der Waals surface area (Å²) in [5, 5.41) is 7.50. The second-order valence-electron chi connectivity index (χ2n) is 3.84. The van der Waals surface area contributed by atoms with Crippen molar-refractivity contribution in [1.82, 2.24) is 15.1 Å². The Bertz CT molecular complexity index is 537. The van der Waals surface area contributed by atoms with Crippen LogP contribution in [-0.4, -0.2) is 16.8 Å². The Balaban J connectivity index is 2.47. The standard InChI is InChI=1S/C12H13BrFN3/c1-15-6-9-7-17(2)16-12(9)8-3-4-11(14)10(13)5-8/h3-5,7,15H,6H2,1-2H3. The van der Waals surface area contributed by atoms with Gasteiger partial charge >= 0.3 is 0 Å². The Hall–Kier alpha value is -1.20. The first-order valence-corrected chi connectivity index (χ1v) is 6.03. The summed E-state index contributed by atoms with van der Waals surface area (Å²) in [6.07, 6.45) is 1.96. The zero-order valence-corrected chi connectivity index (χ0v) is 11.3. The Morgan fingerprint density at radius 3 is 2.88 bits per heavy atom. The minimum absolute atomic E-state index is 0.264. The van der Waals surface area contributed by atoms with Crippen molar-refractivity contribution in [1.29, 1.82) is 0 Å². The van der Waals surface area contributed by atoms with E-state index in [2.05, 4.69) is 26.3 Å². The maximum absolute atomic E-state index is 13.2. The van der Waals surface area contributed by atoms with E-state index in [9.17, 15) is 4.39 Å². The van der Waals surface area contributed by atoms with Gasteiger partial charge in [-0.05, 0) is 41.2 Å². The van der Waals surface area contributed by atoms with Crippen molar-refractivity contribution in [3.63, 3.8) is 0 Å². The van der Waals surface area contributed by atoms with Crippen molar-refractivity contribution >= 4 is 15.9 Å². The minimum atomic E-state index is -0.264. The van der Waals surface area contributed by atoms with Gasteiger partial charge in [0.2, 0.25) is 0 Å². The van der Waals surface area contributed by atoms with Gasteiger partial charge in [0.05, 0.1) is 10.2 Å². The van der Waals surface area contributed by atoms with E-state index in [1.54, 1.807) is 16.8 Å². The molecule has 1 aromatic carbocycles. The molecule has 0 unspecified atom stereocenters. The minimum Gasteiger partial charge on any atom is -0.316 e. The summed E-state index contributed by atoms with van der Waals surface area (Å²) in [4.78, 5) is 0. The second-order valence-corrected chi connectivity index (χ2v) is 4.69. The van der Waals surface area contributed by atoms with Gasteiger partial charge in [-0.15, -0.1) is 0 Å². The van der Waals surface area contributed by atoms with Crippen molar-refractivity contribution in [3.8, 4) is 11.3 Å². The molecule has 2 rings (SSSR count). The summed E-state index contributed by atoms with van der Waals surface area (Å²) in [5.41, 5.74) is 2.88. The lowest BCUT2D eigenvalue weighted by Crippen LogP contribution is -2.05. The monoisotopic (exact) mass is 297 g/mol. The molecule has 90 valence electrons. The fraction of sp³-hybridized carbons (Fsp3) is 0.250. The summed E-state index contributed by atoms with van der Waals surface area (Å²) >= 11 is 3.19. The SMILES string of the molecule is CNCc1cn(C)nc1-c1ccc(F)c(Br)c1. The molecule has 0 saturated heterocycles. The molecule has 0 aliphatic heterocycles. The summed E-state index contributed by atoms with van der Waals surface area (Å²) in [6.45, 7) is 0.734. The predicted molar refractivity (Wildman–Crippen MR) is 69.1 cm³/mol. The Kier molecular flexibility index (Phi) is 3.59. The molecular formula is C12H13BrFN3. The van der Waals surface area contributed by atoms with Crippen LogP contribution in [0.5, 0.6) is 0 Å². The third-order valence-electron chi connectivity index (χ3n) is 2.46. The van der Waals surface area contributed by atoms with Crippen LogP contribution in [0.3, 0.4) is 0 Å². The van der Waals surface area contributed by atoms with Gasteiger partial charge < -0.3 is 5.32 Å². The smallest absolute Gasteiger partial charge is 0.137 e. The van der Waals surface area contributed by atoms with Gasteiger partial charge in [-0.2, -0.15) is 5.10 Å². The number of nitrogens with one attached hydrogen (secondary N) is 1. The molecule has 0 aliphatic carbocycles. The first kappa shape index (κ1) is 12.3. The highest BCUT2D eigenvalue weighted by Gasteiger charge is 2.11. The molecular weight excluding hydrogens is 285 g/mol. The van der Waals surface area contributed by atoms with E-state index in [1.807, 2.05) is 20.3 Å². The van der Waals surface area contributed by atoms with E-state index in [-0.39, 0.29) is 5.82 Å². The van der Waals surface area contributed by atoms with Gasteiger partial charge in [-0.3, -0.25) is 4.68 Å². The lowest BCUT2D eigenvalue weighted by molar-refractivity contribution is 0.621. The summed E-state index contributed by atoms with van der Waals surface area (Å²) in [6, 6.07) is 4.93. The van der Waals surface area contributed by atoms with E-state index < -0.39 is 0 Å². The molecule has 5 heteroatoms. The van der Waals surface area contributed by atoms with Crippen LogP contribution in [0.2, 0.25) is 0 Å². The number of halogens is 2. The van der Waals surface area contributed by atoms with Crippen LogP contribution in [-0.2, 0) is 13.6 Å². The maximum Gasteiger partial charge on any atom is 0.137 e. The highest BCUT2D eigenvalue weighted by Crippen LogP contribution is 2.26. The second kappa shape index (κ2) is 4.98. The maximum atomic E-state index is 13.2. The number of aryl methyl sites for hydroxylation is 1. The van der Waals surface area contributed by atoms with Gasteiger partial charge in [0.15, 0.2) is 0 Å². The topological polar surface area (TPSA) is 29.9 Å². The molecule has 3 nitrogen and oxygen atoms in total. The van der Waals surface area contributed by atoms with Crippen molar-refractivity contribution in [2.75, 3.05) is 7.05 Å². The molecule has 2 aromatic rings. The van der Waals surface area contributed by atoms with Crippen LogP contribution in [0.15, 0.2) is 28.9 Å². The largest absolute Gasteiger partial charge is 0.316 e. The van der Waals surface area contributed by atoms with Crippen molar-refractivity contribution in [3.05, 3.63) is 40.2 Å². The van der Waals surface area contributed by atoms with Crippen LogP contribution < -0.4 is 5.32 Å². The summed E-state index contributed by atoms with van der Waals surface area (Å²) < 4.78 is 15.4. The number of benzene rings is 1. The zero-order chi connectivity index (χ0) is 12.4. The highest BCUT2D eigenvalue weighted by atomic mass is 79.9. The van der Waals surface area contributed by atoms with E-state index in [0.717, 1.165) is 23.4 Å². The Labute approximate surface area is 108 Å². The molecule has 0 atom stereocenters. The molecule has 0 fully saturated rings. The average Bonchev–Trinajstić information content (AvgIpc) is 2.64. The molecule has 0 bridgehead atoms. The lowest BCUT2D eigenvalue weighted by atomic mass is 10.1. The first-order chi connectivity index (χ1) is 8.11. The molecule has 1 N–H and O–H groups in total. The molecule has 17 heavy (non-hydrogen) atoms. The fourth-order valence-electron chi connectivity index (χ4n) is 1.74. The van der Waals surface area contributed by atoms with Crippen LogP contribution >= 0.6 is 15.9 Å². The third kappa shape index (κ3) is 2.56. The van der Waals surface area contributed by atoms with Crippen LogP contribution in [0.4, 0.5) is 4.39 Å². The van der Waals surface area contributed by atoms with Gasteiger partial charge in [-0.1, -0.05) is 0 Å². The number of rotatable bonds is 3. The van der Waals surface area contributed by atoms with Crippen LogP contribution in [0, 0.1) is 5.82 Å². The summed E-state index contributed by atoms with van der Waals surface area (Å²) in [5.74, 6) is -0.264. The van der Waals surface area contributed by atoms with Crippen LogP contribution in [0.1, 0.15) is 5.56 Å². The average molecular weight is 298 g/mol. The molecule has 0 radical (unpaired) electrons. The Morgan fingerprint density at radius 2 is 2.24 bits per heavy atom. The fourth-order valence-corrected chi connectivity index (χ4v) is 2.12. The highest BCUT2D eigenvalue weighted by molar-refractivity contribution is 9.10. The number of hydrogen-bond acceptors (Lipinski definition) is 2. The van der Waals surface area contributed by atoms with Crippen molar-refractivity contribution in [2.24, 2.45) is 7.05 Å². The van der Waals surface area contributed by atoms with E-state index in [1.165, 1.54) is 6.07 Å². The van der Waals surface area contributed by atoms with E-state index >= 15 is 0 Å². The van der Waals surface area contributed by atoms with Crippen molar-refractivity contribution in [2.45, 2.75) is 6.54 Å². The Morgan fingerprint density at radius 1 is 1.47 bits per heavy atom. The van der Waals surface area contributed by atoms with Gasteiger partial charge in [0, 0.05) is 30.9 Å². The van der Waals surface area contributed by atoms with Crippen LogP contribution in [0.25, 0.3) is 11.3 Å². The molecule has 1 heterocycles. The number of hydrogen-bond donors (Lipinski definition) is 1. The molecule has 1 aromatic heterocycles. The van der Waals surface area contributed by atoms with Gasteiger partial charge in [0.1, 0.15) is 5.82 Å². The normalized spacial score (nSPS) is 10.8. The lowest BCUT2D eigenvalue weighted by Gasteiger charge is -2.03. The van der Waals surface area contributed by atoms with E-state index in [4.69, 9.17) is 0 Å². The number of aromatic nitrogens is 2. The molecule has 0 spiro atoms. The third-order valence-corrected chi connectivity index (χ3v) is 3.07. The van der Waals surface area contributed by atoms with Gasteiger partial charge in [0.25, 0.3) is 0 Å². The molecule has 0 saturated carbocycles. The van der Waals surface area contributed by atoms with Gasteiger partial charge in [-0.25, -0.2) is 4.39 Å². The first-order valence-electron chi connectivity index (χ1n) is 5.24.